The van der Waals surface area contributed by atoms with Crippen molar-refractivity contribution in [1.29, 1.82) is 0 Å². The summed E-state index contributed by atoms with van der Waals surface area (Å²) in [7, 11) is 0. The third-order valence-corrected chi connectivity index (χ3v) is 4.13. The van der Waals surface area contributed by atoms with Crippen LogP contribution in [0, 0.1) is 0 Å². The van der Waals surface area contributed by atoms with Crippen LogP contribution < -0.4 is 10.6 Å². The van der Waals surface area contributed by atoms with Crippen molar-refractivity contribution in [3.63, 3.8) is 0 Å². The quantitative estimate of drug-likeness (QED) is 0.497. The summed E-state index contributed by atoms with van der Waals surface area (Å²) in [5.74, 6) is -0.960. The Morgan fingerprint density at radius 2 is 2.06 bits per heavy atom. The van der Waals surface area contributed by atoms with Gasteiger partial charge in [0.15, 0.2) is 6.10 Å². The predicted molar refractivity (Wildman–Crippen MR) is 69.6 cm³/mol. The van der Waals surface area contributed by atoms with Gasteiger partial charge in [-0.25, -0.2) is 4.79 Å². The highest BCUT2D eigenvalue weighted by Crippen LogP contribution is 2.19. The molecule has 0 saturated carbocycles. The van der Waals surface area contributed by atoms with Gasteiger partial charge in [0.25, 0.3) is 0 Å². The van der Waals surface area contributed by atoms with Crippen LogP contribution in [0.4, 0.5) is 0 Å². The molecule has 1 unspecified atom stereocenters. The topological polar surface area (TPSA) is 98.7 Å². The van der Waals surface area contributed by atoms with Crippen LogP contribution in [-0.4, -0.2) is 58.8 Å². The van der Waals surface area contributed by atoms with Gasteiger partial charge in [-0.1, -0.05) is 0 Å². The molecule has 0 radical (unpaired) electrons. The standard InChI is InChI=1S/C11H20N2O4S/c14-9(11(16)17)3-6-13-10(15)7-18-8-1-4-12-5-2-8/h8-9,12,14H,1-7H2,(H,13,15)(H,16,17). The van der Waals surface area contributed by atoms with Crippen LogP contribution in [0.5, 0.6) is 0 Å². The molecule has 18 heavy (non-hydrogen) atoms. The van der Waals surface area contributed by atoms with Gasteiger partial charge in [-0.2, -0.15) is 0 Å². The zero-order chi connectivity index (χ0) is 13.4. The molecule has 0 aromatic rings. The number of thioether (sulfide) groups is 1. The van der Waals surface area contributed by atoms with Crippen LogP contribution in [0.25, 0.3) is 0 Å². The van der Waals surface area contributed by atoms with Crippen molar-refractivity contribution in [2.24, 2.45) is 0 Å². The van der Waals surface area contributed by atoms with Gasteiger partial charge in [0.2, 0.25) is 5.91 Å². The summed E-state index contributed by atoms with van der Waals surface area (Å²) >= 11 is 1.64. The van der Waals surface area contributed by atoms with E-state index in [0.29, 0.717) is 11.0 Å². The normalized spacial score (nSPS) is 18.3. The van der Waals surface area contributed by atoms with Crippen LogP contribution in [0.3, 0.4) is 0 Å². The lowest BCUT2D eigenvalue weighted by Gasteiger charge is -2.21. The minimum Gasteiger partial charge on any atom is -0.479 e. The number of aliphatic hydroxyl groups is 1. The SMILES string of the molecule is O=C(CSC1CCNCC1)NCCC(O)C(=O)O. The predicted octanol–water partition coefficient (Wildman–Crippen LogP) is -0.577. The fraction of sp³-hybridized carbons (Fsp3) is 0.818. The summed E-state index contributed by atoms with van der Waals surface area (Å²) in [6, 6.07) is 0. The molecule has 0 spiro atoms. The lowest BCUT2D eigenvalue weighted by molar-refractivity contribution is -0.147. The van der Waals surface area contributed by atoms with E-state index in [9.17, 15) is 9.59 Å². The first-order valence-corrected chi connectivity index (χ1v) is 7.14. The molecule has 4 N–H and O–H groups in total. The van der Waals surface area contributed by atoms with E-state index in [4.69, 9.17) is 10.2 Å². The Morgan fingerprint density at radius 3 is 2.67 bits per heavy atom. The molecule has 7 heteroatoms. The van der Waals surface area contributed by atoms with Gasteiger partial charge in [0.1, 0.15) is 0 Å². The second-order valence-electron chi connectivity index (χ2n) is 4.25. The van der Waals surface area contributed by atoms with Gasteiger partial charge in [-0.3, -0.25) is 4.79 Å². The number of nitrogens with one attached hydrogen (secondary N) is 2. The molecule has 0 aliphatic carbocycles. The zero-order valence-electron chi connectivity index (χ0n) is 10.2. The van der Waals surface area contributed by atoms with E-state index in [1.165, 1.54) is 0 Å². The number of piperidine rings is 1. The van der Waals surface area contributed by atoms with Gasteiger partial charge >= 0.3 is 5.97 Å². The Hall–Kier alpha value is -0.790. The Morgan fingerprint density at radius 1 is 1.39 bits per heavy atom. The number of aliphatic hydroxyl groups excluding tert-OH is 1. The number of carbonyl (C=O) groups is 2. The Bertz CT molecular complexity index is 282. The maximum absolute atomic E-state index is 11.5. The highest BCUT2D eigenvalue weighted by atomic mass is 32.2. The van der Waals surface area contributed by atoms with Gasteiger partial charge in [0.05, 0.1) is 5.75 Å². The first-order chi connectivity index (χ1) is 8.59. The Kier molecular flexibility index (Phi) is 7.07. The molecule has 1 fully saturated rings. The number of carboxylic acid groups (broad SMARTS) is 1. The van der Waals surface area contributed by atoms with Crippen LogP contribution >= 0.6 is 11.8 Å². The number of amides is 1. The number of hydrogen-bond donors (Lipinski definition) is 4. The minimum absolute atomic E-state index is 0.0408. The van der Waals surface area contributed by atoms with Crippen molar-refractivity contribution in [3.05, 3.63) is 0 Å². The average molecular weight is 276 g/mol. The number of carbonyl (C=O) groups excluding carboxylic acids is 1. The van der Waals surface area contributed by atoms with Crippen LogP contribution in [-0.2, 0) is 9.59 Å². The van der Waals surface area contributed by atoms with E-state index in [1.807, 2.05) is 0 Å². The summed E-state index contributed by atoms with van der Waals surface area (Å²) in [6.07, 6.45) is 0.798. The summed E-state index contributed by atoms with van der Waals surface area (Å²) < 4.78 is 0. The van der Waals surface area contributed by atoms with E-state index >= 15 is 0 Å². The van der Waals surface area contributed by atoms with Crippen molar-refractivity contribution in [2.45, 2.75) is 30.6 Å². The number of aliphatic carboxylic acids is 1. The molecule has 0 aromatic carbocycles. The maximum Gasteiger partial charge on any atom is 0.332 e. The Labute approximate surface area is 111 Å². The van der Waals surface area contributed by atoms with E-state index in [-0.39, 0.29) is 18.9 Å². The average Bonchev–Trinajstić information content (AvgIpc) is 2.37. The lowest BCUT2D eigenvalue weighted by Crippen LogP contribution is -2.33. The Balaban J connectivity index is 2.04. The number of rotatable bonds is 7. The number of carboxylic acids is 1. The third kappa shape index (κ3) is 6.23. The summed E-state index contributed by atoms with van der Waals surface area (Å²) in [5.41, 5.74) is 0. The first kappa shape index (κ1) is 15.3. The van der Waals surface area contributed by atoms with E-state index in [0.717, 1.165) is 25.9 Å². The molecule has 1 heterocycles. The molecule has 0 aromatic heterocycles. The zero-order valence-corrected chi connectivity index (χ0v) is 11.0. The lowest BCUT2D eigenvalue weighted by atomic mass is 10.2. The van der Waals surface area contributed by atoms with Crippen molar-refractivity contribution in [2.75, 3.05) is 25.4 Å². The van der Waals surface area contributed by atoms with Gasteiger partial charge < -0.3 is 20.8 Å². The van der Waals surface area contributed by atoms with Crippen molar-refractivity contribution < 1.29 is 19.8 Å². The maximum atomic E-state index is 11.5. The summed E-state index contributed by atoms with van der Waals surface area (Å²) in [6.45, 7) is 2.20. The highest BCUT2D eigenvalue weighted by Gasteiger charge is 2.16. The second-order valence-corrected chi connectivity index (χ2v) is 5.54. The smallest absolute Gasteiger partial charge is 0.332 e. The molecular formula is C11H20N2O4S. The number of hydrogen-bond acceptors (Lipinski definition) is 5. The largest absolute Gasteiger partial charge is 0.479 e. The van der Waals surface area contributed by atoms with Crippen LogP contribution in [0.15, 0.2) is 0 Å². The molecule has 1 aliphatic heterocycles. The molecule has 1 saturated heterocycles. The highest BCUT2D eigenvalue weighted by molar-refractivity contribution is 8.00. The molecule has 1 rings (SSSR count). The summed E-state index contributed by atoms with van der Waals surface area (Å²) in [4.78, 5) is 21.8. The molecule has 1 aliphatic rings. The van der Waals surface area contributed by atoms with E-state index < -0.39 is 12.1 Å². The van der Waals surface area contributed by atoms with Gasteiger partial charge in [-0.05, 0) is 25.9 Å². The third-order valence-electron chi connectivity index (χ3n) is 2.76. The fourth-order valence-corrected chi connectivity index (χ4v) is 2.74. The summed E-state index contributed by atoms with van der Waals surface area (Å²) in [5, 5.41) is 23.9. The van der Waals surface area contributed by atoms with Crippen LogP contribution in [0.2, 0.25) is 0 Å². The minimum atomic E-state index is -1.40. The fourth-order valence-electron chi connectivity index (χ4n) is 1.68. The molecule has 104 valence electrons. The van der Waals surface area contributed by atoms with E-state index in [1.54, 1.807) is 11.8 Å². The molecular weight excluding hydrogens is 256 g/mol. The molecule has 1 atom stereocenters. The molecule has 6 nitrogen and oxygen atoms in total. The first-order valence-electron chi connectivity index (χ1n) is 6.09. The monoisotopic (exact) mass is 276 g/mol. The van der Waals surface area contributed by atoms with Crippen molar-refractivity contribution in [1.82, 2.24) is 10.6 Å². The van der Waals surface area contributed by atoms with E-state index in [2.05, 4.69) is 10.6 Å². The van der Waals surface area contributed by atoms with Crippen molar-refractivity contribution >= 4 is 23.6 Å². The van der Waals surface area contributed by atoms with Crippen LogP contribution in [0.1, 0.15) is 19.3 Å². The molecule has 1 amide bonds. The van der Waals surface area contributed by atoms with Gasteiger partial charge in [-0.15, -0.1) is 11.8 Å². The van der Waals surface area contributed by atoms with Crippen molar-refractivity contribution in [3.8, 4) is 0 Å². The van der Waals surface area contributed by atoms with Gasteiger partial charge in [0, 0.05) is 18.2 Å². The second kappa shape index (κ2) is 8.34. The molecule has 0 bridgehead atoms.